The van der Waals surface area contributed by atoms with Gasteiger partial charge in [0.2, 0.25) is 0 Å². The Balaban J connectivity index is 1.81. The normalized spacial score (nSPS) is 11.0. The smallest absolute Gasteiger partial charge is 0.348 e. The Morgan fingerprint density at radius 3 is 2.29 bits per heavy atom. The Morgan fingerprint density at radius 1 is 0.964 bits per heavy atom. The summed E-state index contributed by atoms with van der Waals surface area (Å²) in [5, 5.41) is 9.27. The second kappa shape index (κ2) is 8.47. The van der Waals surface area contributed by atoms with Gasteiger partial charge < -0.3 is 4.74 Å². The molecule has 3 aromatic rings. The topological polar surface area (TPSA) is 50.1 Å². The SMILES string of the molecule is N#C/C(=C/c1ccc(OC(=O)c2c(F)cccc2Cl)cc1)c1ccccc1F. The maximum absolute atomic E-state index is 13.9. The molecule has 0 radical (unpaired) electrons. The van der Waals surface area contributed by atoms with Crippen LogP contribution in [0.4, 0.5) is 8.78 Å². The Hall–Kier alpha value is -3.49. The number of carbonyl (C=O) groups excluding carboxylic acids is 1. The van der Waals surface area contributed by atoms with Crippen molar-refractivity contribution in [3.63, 3.8) is 0 Å². The maximum atomic E-state index is 13.9. The van der Waals surface area contributed by atoms with Crippen LogP contribution in [0, 0.1) is 23.0 Å². The molecule has 0 spiro atoms. The molecule has 6 heteroatoms. The number of hydrogen-bond acceptors (Lipinski definition) is 3. The van der Waals surface area contributed by atoms with Crippen LogP contribution < -0.4 is 4.74 Å². The first-order valence-corrected chi connectivity index (χ1v) is 8.50. The zero-order chi connectivity index (χ0) is 20.1. The monoisotopic (exact) mass is 395 g/mol. The van der Waals surface area contributed by atoms with E-state index in [9.17, 15) is 18.8 Å². The van der Waals surface area contributed by atoms with E-state index >= 15 is 0 Å². The molecule has 0 aliphatic carbocycles. The van der Waals surface area contributed by atoms with Gasteiger partial charge in [-0.1, -0.05) is 48.0 Å². The van der Waals surface area contributed by atoms with Crippen molar-refractivity contribution in [3.05, 3.63) is 100 Å². The van der Waals surface area contributed by atoms with E-state index < -0.39 is 17.6 Å². The van der Waals surface area contributed by atoms with Gasteiger partial charge in [-0.05, 0) is 42.0 Å². The van der Waals surface area contributed by atoms with Gasteiger partial charge in [0.05, 0.1) is 16.7 Å². The number of rotatable bonds is 4. The number of nitriles is 1. The molecule has 3 aromatic carbocycles. The minimum absolute atomic E-state index is 0.0481. The molecule has 0 N–H and O–H groups in total. The number of ether oxygens (including phenoxy) is 1. The summed E-state index contributed by atoms with van der Waals surface area (Å²) in [5.41, 5.74) is 0.596. The van der Waals surface area contributed by atoms with Gasteiger partial charge in [-0.2, -0.15) is 5.26 Å². The maximum Gasteiger partial charge on any atom is 0.348 e. The van der Waals surface area contributed by atoms with Crippen LogP contribution in [0.25, 0.3) is 11.6 Å². The van der Waals surface area contributed by atoms with Crippen LogP contribution in [-0.2, 0) is 0 Å². The highest BCUT2D eigenvalue weighted by Gasteiger charge is 2.18. The molecule has 0 heterocycles. The van der Waals surface area contributed by atoms with Crippen LogP contribution in [-0.4, -0.2) is 5.97 Å². The fourth-order valence-corrected chi connectivity index (χ4v) is 2.74. The van der Waals surface area contributed by atoms with Crippen molar-refractivity contribution in [1.29, 1.82) is 5.26 Å². The molecule has 138 valence electrons. The summed E-state index contributed by atoms with van der Waals surface area (Å²) in [4.78, 5) is 12.1. The van der Waals surface area contributed by atoms with Crippen molar-refractivity contribution < 1.29 is 18.3 Å². The van der Waals surface area contributed by atoms with Crippen LogP contribution in [0.1, 0.15) is 21.5 Å². The molecule has 0 fully saturated rings. The van der Waals surface area contributed by atoms with Crippen molar-refractivity contribution >= 4 is 29.2 Å². The minimum Gasteiger partial charge on any atom is -0.423 e. The second-order valence-electron chi connectivity index (χ2n) is 5.70. The highest BCUT2D eigenvalue weighted by Crippen LogP contribution is 2.24. The molecular weight excluding hydrogens is 384 g/mol. The number of carbonyl (C=O) groups is 1. The van der Waals surface area contributed by atoms with E-state index in [2.05, 4.69) is 0 Å². The van der Waals surface area contributed by atoms with Crippen molar-refractivity contribution in [2.45, 2.75) is 0 Å². The third-order valence-corrected chi connectivity index (χ3v) is 4.17. The van der Waals surface area contributed by atoms with E-state index in [-0.39, 0.29) is 27.5 Å². The third-order valence-electron chi connectivity index (χ3n) is 3.85. The molecule has 0 saturated carbocycles. The summed E-state index contributed by atoms with van der Waals surface area (Å²) in [6.45, 7) is 0. The summed E-state index contributed by atoms with van der Waals surface area (Å²) in [5.74, 6) is -2.02. The Bertz CT molecular complexity index is 1080. The van der Waals surface area contributed by atoms with Crippen LogP contribution in [0.3, 0.4) is 0 Å². The molecule has 0 amide bonds. The number of hydrogen-bond donors (Lipinski definition) is 0. The van der Waals surface area contributed by atoms with Gasteiger partial charge in [0.1, 0.15) is 22.9 Å². The average molecular weight is 396 g/mol. The van der Waals surface area contributed by atoms with E-state index in [1.165, 1.54) is 42.5 Å². The summed E-state index contributed by atoms with van der Waals surface area (Å²) >= 11 is 5.85. The molecular formula is C22H12ClF2NO2. The predicted molar refractivity (Wildman–Crippen MR) is 103 cm³/mol. The number of allylic oxidation sites excluding steroid dienone is 1. The number of benzene rings is 3. The Kier molecular flexibility index (Phi) is 5.83. The Morgan fingerprint density at radius 2 is 1.64 bits per heavy atom. The quantitative estimate of drug-likeness (QED) is 0.239. The van der Waals surface area contributed by atoms with Crippen molar-refractivity contribution in [2.24, 2.45) is 0 Å². The molecule has 0 unspecified atom stereocenters. The summed E-state index contributed by atoms with van der Waals surface area (Å²) in [6.07, 6.45) is 1.51. The van der Waals surface area contributed by atoms with Crippen molar-refractivity contribution in [3.8, 4) is 11.8 Å². The van der Waals surface area contributed by atoms with Gasteiger partial charge in [-0.3, -0.25) is 0 Å². The first-order chi connectivity index (χ1) is 13.5. The van der Waals surface area contributed by atoms with Crippen molar-refractivity contribution in [2.75, 3.05) is 0 Å². The first kappa shape index (κ1) is 19.3. The van der Waals surface area contributed by atoms with E-state index in [0.29, 0.717) is 5.56 Å². The van der Waals surface area contributed by atoms with E-state index in [1.54, 1.807) is 24.3 Å². The molecule has 3 rings (SSSR count). The first-order valence-electron chi connectivity index (χ1n) is 8.12. The van der Waals surface area contributed by atoms with Crippen LogP contribution in [0.5, 0.6) is 5.75 Å². The van der Waals surface area contributed by atoms with E-state index in [1.807, 2.05) is 6.07 Å². The lowest BCUT2D eigenvalue weighted by Crippen LogP contribution is -2.11. The van der Waals surface area contributed by atoms with Crippen LogP contribution in [0.2, 0.25) is 5.02 Å². The molecule has 0 saturated heterocycles. The number of nitrogens with zero attached hydrogens (tertiary/aromatic N) is 1. The number of esters is 1. The fraction of sp³-hybridized carbons (Fsp3) is 0. The molecule has 0 bridgehead atoms. The van der Waals surface area contributed by atoms with E-state index in [4.69, 9.17) is 16.3 Å². The number of halogens is 3. The Labute approximate surface area is 165 Å². The van der Waals surface area contributed by atoms with Gasteiger partial charge in [0.15, 0.2) is 0 Å². The van der Waals surface area contributed by atoms with E-state index in [0.717, 1.165) is 6.07 Å². The molecule has 0 aliphatic heterocycles. The zero-order valence-electron chi connectivity index (χ0n) is 14.3. The van der Waals surface area contributed by atoms with Crippen molar-refractivity contribution in [1.82, 2.24) is 0 Å². The second-order valence-corrected chi connectivity index (χ2v) is 6.11. The molecule has 0 atom stereocenters. The van der Waals surface area contributed by atoms with Gasteiger partial charge in [0.25, 0.3) is 0 Å². The largest absolute Gasteiger partial charge is 0.423 e. The predicted octanol–water partition coefficient (Wildman–Crippen LogP) is 5.90. The average Bonchev–Trinajstić information content (AvgIpc) is 2.68. The molecule has 0 aliphatic rings. The van der Waals surface area contributed by atoms with Gasteiger partial charge in [-0.25, -0.2) is 13.6 Å². The lowest BCUT2D eigenvalue weighted by atomic mass is 10.0. The molecule has 0 aromatic heterocycles. The lowest BCUT2D eigenvalue weighted by molar-refractivity contribution is 0.0730. The molecule has 28 heavy (non-hydrogen) atoms. The van der Waals surface area contributed by atoms with Crippen LogP contribution in [0.15, 0.2) is 66.7 Å². The fourth-order valence-electron chi connectivity index (χ4n) is 2.50. The zero-order valence-corrected chi connectivity index (χ0v) is 15.1. The molecule has 3 nitrogen and oxygen atoms in total. The summed E-state index contributed by atoms with van der Waals surface area (Å²) in [7, 11) is 0. The third kappa shape index (κ3) is 4.25. The van der Waals surface area contributed by atoms with Gasteiger partial charge in [0, 0.05) is 5.56 Å². The lowest BCUT2D eigenvalue weighted by Gasteiger charge is -2.07. The highest BCUT2D eigenvalue weighted by atomic mass is 35.5. The highest BCUT2D eigenvalue weighted by molar-refractivity contribution is 6.33. The van der Waals surface area contributed by atoms with Gasteiger partial charge >= 0.3 is 5.97 Å². The van der Waals surface area contributed by atoms with Gasteiger partial charge in [-0.15, -0.1) is 0 Å². The van der Waals surface area contributed by atoms with Crippen LogP contribution >= 0.6 is 11.6 Å². The minimum atomic E-state index is -0.921. The summed E-state index contributed by atoms with van der Waals surface area (Å²) in [6, 6.07) is 18.0. The summed E-state index contributed by atoms with van der Waals surface area (Å²) < 4.78 is 32.8. The standard InChI is InChI=1S/C22H12ClF2NO2/c23-18-5-3-7-20(25)21(18)22(27)28-16-10-8-14(9-11-16)12-15(13-26)17-4-1-2-6-19(17)24/h1-12H/b15-12-.